The number of nitrogen functional groups attached to an aromatic ring is 1. The number of ether oxygens (including phenoxy) is 1. The number of nitrogens with two attached hydrogens (primary N) is 1. The summed E-state index contributed by atoms with van der Waals surface area (Å²) < 4.78 is 5.28. The van der Waals surface area contributed by atoms with Gasteiger partial charge in [-0.05, 0) is 25.3 Å². The SMILES string of the molecule is COC1CCC(Nc2nc(NN)ccc2[N+](=O)[O-])C1. The van der Waals surface area contributed by atoms with Crippen molar-refractivity contribution in [3.8, 4) is 0 Å². The van der Waals surface area contributed by atoms with Gasteiger partial charge in [0.05, 0.1) is 11.0 Å². The Bertz CT molecular complexity index is 468. The fourth-order valence-electron chi connectivity index (χ4n) is 2.26. The van der Waals surface area contributed by atoms with Crippen LogP contribution in [0.2, 0.25) is 0 Å². The quantitative estimate of drug-likeness (QED) is 0.417. The molecule has 1 aliphatic carbocycles. The van der Waals surface area contributed by atoms with Crippen LogP contribution in [-0.4, -0.2) is 29.2 Å². The second kappa shape index (κ2) is 5.81. The number of rotatable bonds is 5. The predicted octanol–water partition coefficient (Wildman–Crippen LogP) is 1.25. The predicted molar refractivity (Wildman–Crippen MR) is 70.8 cm³/mol. The molecule has 8 heteroatoms. The van der Waals surface area contributed by atoms with Gasteiger partial charge in [0.25, 0.3) is 0 Å². The molecule has 8 nitrogen and oxygen atoms in total. The average Bonchev–Trinajstić information content (AvgIpc) is 2.86. The molecular weight excluding hydrogens is 250 g/mol. The number of methoxy groups -OCH3 is 1. The van der Waals surface area contributed by atoms with Gasteiger partial charge < -0.3 is 15.5 Å². The maximum atomic E-state index is 11.0. The molecule has 4 N–H and O–H groups in total. The third-order valence-electron chi connectivity index (χ3n) is 3.28. The standard InChI is InChI=1S/C11H17N5O3/c1-19-8-3-2-7(6-8)13-11-9(16(17)18)4-5-10(14-11)15-12/h4-5,7-8H,2-3,6,12H2,1H3,(H2,13,14,15). The van der Waals surface area contributed by atoms with Gasteiger partial charge in [0.1, 0.15) is 5.82 Å². The number of nitro groups is 1. The maximum absolute atomic E-state index is 11.0. The first-order chi connectivity index (χ1) is 9.13. The van der Waals surface area contributed by atoms with Crippen LogP contribution >= 0.6 is 0 Å². The van der Waals surface area contributed by atoms with Crippen molar-refractivity contribution in [3.63, 3.8) is 0 Å². The van der Waals surface area contributed by atoms with Crippen molar-refractivity contribution in [2.75, 3.05) is 17.9 Å². The third kappa shape index (κ3) is 3.09. The van der Waals surface area contributed by atoms with E-state index in [1.807, 2.05) is 0 Å². The monoisotopic (exact) mass is 267 g/mol. The lowest BCUT2D eigenvalue weighted by Crippen LogP contribution is -2.19. The van der Waals surface area contributed by atoms with Gasteiger partial charge >= 0.3 is 5.69 Å². The zero-order valence-corrected chi connectivity index (χ0v) is 10.6. The molecule has 19 heavy (non-hydrogen) atoms. The molecule has 104 valence electrons. The van der Waals surface area contributed by atoms with Gasteiger partial charge in [-0.15, -0.1) is 0 Å². The fraction of sp³-hybridized carbons (Fsp3) is 0.545. The first-order valence-electron chi connectivity index (χ1n) is 6.05. The summed E-state index contributed by atoms with van der Waals surface area (Å²) in [5.74, 6) is 5.89. The van der Waals surface area contributed by atoms with E-state index in [0.29, 0.717) is 5.82 Å². The highest BCUT2D eigenvalue weighted by molar-refractivity contribution is 5.60. The Morgan fingerprint density at radius 3 is 2.89 bits per heavy atom. The van der Waals surface area contributed by atoms with Crippen LogP contribution in [-0.2, 0) is 4.74 Å². The molecule has 0 amide bonds. The molecular formula is C11H17N5O3. The zero-order valence-electron chi connectivity index (χ0n) is 10.6. The van der Waals surface area contributed by atoms with Crippen LogP contribution in [0.4, 0.5) is 17.3 Å². The average molecular weight is 267 g/mol. The summed E-state index contributed by atoms with van der Waals surface area (Å²) in [6.45, 7) is 0. The second-order valence-corrected chi connectivity index (χ2v) is 4.48. The van der Waals surface area contributed by atoms with Gasteiger partial charge in [0.15, 0.2) is 0 Å². The van der Waals surface area contributed by atoms with Gasteiger partial charge in [-0.3, -0.25) is 10.1 Å². The van der Waals surface area contributed by atoms with Crippen LogP contribution in [0.5, 0.6) is 0 Å². The maximum Gasteiger partial charge on any atom is 0.311 e. The van der Waals surface area contributed by atoms with Crippen molar-refractivity contribution >= 4 is 17.3 Å². The lowest BCUT2D eigenvalue weighted by molar-refractivity contribution is -0.384. The summed E-state index contributed by atoms with van der Waals surface area (Å²) in [5, 5.41) is 14.1. The van der Waals surface area contributed by atoms with Gasteiger partial charge in [-0.2, -0.15) is 0 Å². The number of hydrogen-bond donors (Lipinski definition) is 3. The topological polar surface area (TPSA) is 115 Å². The first kappa shape index (κ1) is 13.5. The molecule has 1 aromatic rings. The lowest BCUT2D eigenvalue weighted by Gasteiger charge is -2.14. The van der Waals surface area contributed by atoms with Crippen molar-refractivity contribution in [1.29, 1.82) is 0 Å². The number of pyridine rings is 1. The van der Waals surface area contributed by atoms with Crippen LogP contribution < -0.4 is 16.6 Å². The Hall–Kier alpha value is -1.93. The number of hydrazine groups is 1. The minimum atomic E-state index is -0.460. The molecule has 1 fully saturated rings. The summed E-state index contributed by atoms with van der Waals surface area (Å²) >= 11 is 0. The smallest absolute Gasteiger partial charge is 0.311 e. The van der Waals surface area contributed by atoms with E-state index < -0.39 is 4.92 Å². The number of nitrogens with zero attached hydrogens (tertiary/aromatic N) is 2. The molecule has 1 aromatic heterocycles. The van der Waals surface area contributed by atoms with Gasteiger partial charge in [0.2, 0.25) is 5.82 Å². The summed E-state index contributed by atoms with van der Waals surface area (Å²) in [6, 6.07) is 2.98. The molecule has 0 saturated heterocycles. The van der Waals surface area contributed by atoms with Crippen LogP contribution in [0.25, 0.3) is 0 Å². The minimum Gasteiger partial charge on any atom is -0.381 e. The molecule has 0 spiro atoms. The molecule has 0 aliphatic heterocycles. The van der Waals surface area contributed by atoms with E-state index in [2.05, 4.69) is 15.7 Å². The van der Waals surface area contributed by atoms with Crippen LogP contribution in [0, 0.1) is 10.1 Å². The molecule has 2 unspecified atom stereocenters. The highest BCUT2D eigenvalue weighted by atomic mass is 16.6. The van der Waals surface area contributed by atoms with Gasteiger partial charge in [0, 0.05) is 19.2 Å². The number of anilines is 2. The second-order valence-electron chi connectivity index (χ2n) is 4.48. The lowest BCUT2D eigenvalue weighted by atomic mass is 10.2. The van der Waals surface area contributed by atoms with E-state index in [0.717, 1.165) is 19.3 Å². The molecule has 0 bridgehead atoms. The largest absolute Gasteiger partial charge is 0.381 e. The third-order valence-corrected chi connectivity index (χ3v) is 3.28. The molecule has 0 radical (unpaired) electrons. The van der Waals surface area contributed by atoms with Crippen molar-refractivity contribution < 1.29 is 9.66 Å². The van der Waals surface area contributed by atoms with E-state index >= 15 is 0 Å². The van der Waals surface area contributed by atoms with Crippen molar-refractivity contribution in [3.05, 3.63) is 22.2 Å². The first-order valence-corrected chi connectivity index (χ1v) is 6.05. The highest BCUT2D eigenvalue weighted by Crippen LogP contribution is 2.29. The van der Waals surface area contributed by atoms with E-state index in [1.54, 1.807) is 7.11 Å². The van der Waals surface area contributed by atoms with Crippen molar-refractivity contribution in [1.82, 2.24) is 4.98 Å². The van der Waals surface area contributed by atoms with Gasteiger partial charge in [-0.25, -0.2) is 10.8 Å². The molecule has 2 atom stereocenters. The number of aromatic nitrogens is 1. The van der Waals surface area contributed by atoms with E-state index in [9.17, 15) is 10.1 Å². The Morgan fingerprint density at radius 1 is 1.53 bits per heavy atom. The summed E-state index contributed by atoms with van der Waals surface area (Å²) in [5.41, 5.74) is 2.32. The van der Waals surface area contributed by atoms with E-state index in [1.165, 1.54) is 12.1 Å². The van der Waals surface area contributed by atoms with Gasteiger partial charge in [-0.1, -0.05) is 0 Å². The number of hydrogen-bond acceptors (Lipinski definition) is 7. The fourth-order valence-corrected chi connectivity index (χ4v) is 2.26. The molecule has 1 aliphatic rings. The Morgan fingerprint density at radius 2 is 2.32 bits per heavy atom. The summed E-state index contributed by atoms with van der Waals surface area (Å²) in [4.78, 5) is 14.6. The molecule has 1 heterocycles. The molecule has 2 rings (SSSR count). The van der Waals surface area contributed by atoms with Crippen LogP contribution in [0.15, 0.2) is 12.1 Å². The zero-order chi connectivity index (χ0) is 13.8. The number of nitrogens with one attached hydrogen (secondary N) is 2. The van der Waals surface area contributed by atoms with Crippen LogP contribution in [0.1, 0.15) is 19.3 Å². The summed E-state index contributed by atoms with van der Waals surface area (Å²) in [6.07, 6.45) is 2.86. The Balaban J connectivity index is 2.16. The summed E-state index contributed by atoms with van der Waals surface area (Å²) in [7, 11) is 1.67. The van der Waals surface area contributed by atoms with Crippen molar-refractivity contribution in [2.45, 2.75) is 31.4 Å². The highest BCUT2D eigenvalue weighted by Gasteiger charge is 2.27. The normalized spacial score (nSPS) is 22.2. The van der Waals surface area contributed by atoms with Crippen molar-refractivity contribution in [2.24, 2.45) is 5.84 Å². The van der Waals surface area contributed by atoms with Crippen LogP contribution in [0.3, 0.4) is 0 Å². The van der Waals surface area contributed by atoms with E-state index in [-0.39, 0.29) is 23.7 Å². The Kier molecular flexibility index (Phi) is 4.13. The molecule has 0 aromatic carbocycles. The van der Waals surface area contributed by atoms with E-state index in [4.69, 9.17) is 10.6 Å². The Labute approximate surface area is 110 Å². The minimum absolute atomic E-state index is 0.0557. The molecule has 1 saturated carbocycles.